The molecule has 6 rings (SSSR count). The van der Waals surface area contributed by atoms with Crippen LogP contribution in [0.1, 0.15) is 32.6 Å². The zero-order chi connectivity index (χ0) is 32.2. The largest absolute Gasteiger partial charge is 0.379 e. The quantitative estimate of drug-likeness (QED) is 0.240. The van der Waals surface area contributed by atoms with E-state index in [1.165, 1.54) is 11.3 Å². The molecule has 0 aromatic carbocycles. The topological polar surface area (TPSA) is 139 Å². The number of hydrogen-bond acceptors (Lipinski definition) is 9. The molecule has 240 valence electrons. The van der Waals surface area contributed by atoms with Crippen LogP contribution >= 0.6 is 11.3 Å². The number of likely N-dealkylation sites (N-methyl/N-ethyl adjacent to an activating group) is 1. The minimum Gasteiger partial charge on any atom is -0.379 e. The zero-order valence-corrected chi connectivity index (χ0v) is 26.8. The highest BCUT2D eigenvalue weighted by atomic mass is 32.1. The molecule has 46 heavy (non-hydrogen) atoms. The van der Waals surface area contributed by atoms with E-state index in [0.29, 0.717) is 42.5 Å². The van der Waals surface area contributed by atoms with Crippen LogP contribution in [0.4, 0.5) is 11.4 Å². The average molecular weight is 644 g/mol. The third-order valence-corrected chi connectivity index (χ3v) is 9.08. The van der Waals surface area contributed by atoms with Gasteiger partial charge in [0, 0.05) is 83.1 Å². The molecular formula is C32H37N9O4S. The molecule has 6 heterocycles. The fourth-order valence-electron chi connectivity index (χ4n) is 5.72. The molecule has 2 atom stereocenters. The molecule has 2 aliphatic heterocycles. The number of ether oxygens (including phenoxy) is 1. The van der Waals surface area contributed by atoms with Gasteiger partial charge in [-0.2, -0.15) is 0 Å². The number of thiazole rings is 1. The molecule has 0 spiro atoms. The van der Waals surface area contributed by atoms with Crippen LogP contribution in [-0.2, 0) is 23.6 Å². The normalized spacial score (nSPS) is 18.1. The van der Waals surface area contributed by atoms with E-state index in [9.17, 15) is 14.4 Å². The Morgan fingerprint density at radius 3 is 2.43 bits per heavy atom. The summed E-state index contributed by atoms with van der Waals surface area (Å²) >= 11 is 1.52. The standard InChI is InChI=1S/C32H37N9O4S/c1-38-9-6-24(25-20-46-32(37-25)21-5-4-7-33-17-21)28(38)31(44)36-23-16-27(40(3)19-23)30(43)35-22-15-26(39(2)18-22)29(42)34-8-10-41-11-13-45-14-12-41/h4-7,9,15-20,24,28H,8,10-14H2,1-3H3,(H,34,42)(H,35,43)(H,36,44). The molecule has 2 aliphatic rings. The van der Waals surface area contributed by atoms with Crippen LogP contribution in [0.25, 0.3) is 10.6 Å². The summed E-state index contributed by atoms with van der Waals surface area (Å²) in [5.41, 5.74) is 3.53. The maximum absolute atomic E-state index is 13.6. The van der Waals surface area contributed by atoms with Crippen LogP contribution < -0.4 is 16.0 Å². The predicted molar refractivity (Wildman–Crippen MR) is 176 cm³/mol. The highest BCUT2D eigenvalue weighted by Crippen LogP contribution is 2.34. The van der Waals surface area contributed by atoms with E-state index < -0.39 is 6.04 Å². The Kier molecular flexibility index (Phi) is 9.28. The maximum Gasteiger partial charge on any atom is 0.272 e. The van der Waals surface area contributed by atoms with Crippen LogP contribution in [0.3, 0.4) is 0 Å². The maximum atomic E-state index is 13.6. The van der Waals surface area contributed by atoms with E-state index in [1.54, 1.807) is 60.1 Å². The fraction of sp³-hybridized carbons (Fsp3) is 0.344. The van der Waals surface area contributed by atoms with Crippen molar-refractivity contribution in [2.75, 3.05) is 57.1 Å². The molecule has 3 N–H and O–H groups in total. The monoisotopic (exact) mass is 643 g/mol. The van der Waals surface area contributed by atoms with Crippen LogP contribution in [-0.4, -0.2) is 99.1 Å². The number of morpholine rings is 1. The zero-order valence-electron chi connectivity index (χ0n) is 26.0. The van der Waals surface area contributed by atoms with Gasteiger partial charge in [0.15, 0.2) is 0 Å². The molecular weight excluding hydrogens is 606 g/mol. The van der Waals surface area contributed by atoms with E-state index in [0.717, 1.165) is 35.9 Å². The smallest absolute Gasteiger partial charge is 0.272 e. The van der Waals surface area contributed by atoms with Crippen molar-refractivity contribution in [3.63, 3.8) is 0 Å². The van der Waals surface area contributed by atoms with Crippen molar-refractivity contribution >= 4 is 40.4 Å². The van der Waals surface area contributed by atoms with Crippen LogP contribution in [0.2, 0.25) is 0 Å². The number of amides is 3. The lowest BCUT2D eigenvalue weighted by Gasteiger charge is -2.26. The highest BCUT2D eigenvalue weighted by molar-refractivity contribution is 7.13. The van der Waals surface area contributed by atoms with Gasteiger partial charge in [-0.25, -0.2) is 4.98 Å². The fourth-order valence-corrected chi connectivity index (χ4v) is 6.58. The van der Waals surface area contributed by atoms with Crippen molar-refractivity contribution in [2.45, 2.75) is 12.0 Å². The Balaban J connectivity index is 1.07. The molecule has 4 aromatic rings. The summed E-state index contributed by atoms with van der Waals surface area (Å²) in [5, 5.41) is 11.6. The van der Waals surface area contributed by atoms with Gasteiger partial charge in [-0.15, -0.1) is 11.3 Å². The first-order valence-electron chi connectivity index (χ1n) is 15.1. The molecule has 0 radical (unpaired) electrons. The molecule has 0 bridgehead atoms. The van der Waals surface area contributed by atoms with Gasteiger partial charge in [0.2, 0.25) is 5.91 Å². The van der Waals surface area contributed by atoms with Gasteiger partial charge in [-0.05, 0) is 30.5 Å². The number of aryl methyl sites for hydroxylation is 2. The number of nitrogens with one attached hydrogen (secondary N) is 3. The Bertz CT molecular complexity index is 1740. The SMILES string of the molecule is CN1C=CC(c2csc(-c3cccnc3)n2)C1C(=O)Nc1cc(C(=O)Nc2cc(C(=O)NCCN3CCOCC3)n(C)c2)n(C)c1. The minimum absolute atomic E-state index is 0.210. The third kappa shape index (κ3) is 6.88. The van der Waals surface area contributed by atoms with Gasteiger partial charge in [-0.3, -0.25) is 24.3 Å². The first kappa shape index (κ1) is 31.2. The summed E-state index contributed by atoms with van der Waals surface area (Å²) in [6.45, 7) is 4.41. The molecule has 0 saturated carbocycles. The van der Waals surface area contributed by atoms with Crippen molar-refractivity contribution in [2.24, 2.45) is 14.1 Å². The van der Waals surface area contributed by atoms with Crippen molar-refractivity contribution in [3.8, 4) is 10.6 Å². The summed E-state index contributed by atoms with van der Waals surface area (Å²) in [6, 6.07) is 6.60. The van der Waals surface area contributed by atoms with Gasteiger partial charge in [-0.1, -0.05) is 6.08 Å². The Morgan fingerprint density at radius 2 is 1.72 bits per heavy atom. The number of pyridine rings is 1. The predicted octanol–water partition coefficient (Wildman–Crippen LogP) is 2.75. The molecule has 1 saturated heterocycles. The van der Waals surface area contributed by atoms with Crippen molar-refractivity contribution in [1.82, 2.24) is 34.2 Å². The van der Waals surface area contributed by atoms with E-state index in [4.69, 9.17) is 9.72 Å². The van der Waals surface area contributed by atoms with Gasteiger partial charge < -0.3 is 34.7 Å². The Morgan fingerprint density at radius 1 is 1.00 bits per heavy atom. The molecule has 13 nitrogen and oxygen atoms in total. The van der Waals surface area contributed by atoms with E-state index in [1.807, 2.05) is 41.7 Å². The number of carbonyl (C=O) groups is 3. The van der Waals surface area contributed by atoms with Crippen molar-refractivity contribution in [1.29, 1.82) is 0 Å². The second-order valence-corrected chi connectivity index (χ2v) is 12.3. The highest BCUT2D eigenvalue weighted by Gasteiger charge is 2.36. The third-order valence-electron chi connectivity index (χ3n) is 8.17. The number of aromatic nitrogens is 4. The van der Waals surface area contributed by atoms with Gasteiger partial charge >= 0.3 is 0 Å². The second-order valence-electron chi connectivity index (χ2n) is 11.4. The molecule has 4 aromatic heterocycles. The molecule has 2 unspecified atom stereocenters. The Hall–Kier alpha value is -4.79. The summed E-state index contributed by atoms with van der Waals surface area (Å²) in [7, 11) is 5.36. The van der Waals surface area contributed by atoms with Gasteiger partial charge in [0.1, 0.15) is 22.4 Å². The molecule has 0 aliphatic carbocycles. The summed E-state index contributed by atoms with van der Waals surface area (Å²) in [6.07, 6.45) is 10.8. The number of rotatable bonds is 10. The van der Waals surface area contributed by atoms with Gasteiger partial charge in [0.25, 0.3) is 11.8 Å². The first-order chi connectivity index (χ1) is 22.3. The summed E-state index contributed by atoms with van der Waals surface area (Å²) < 4.78 is 8.70. The number of nitrogens with zero attached hydrogens (tertiary/aromatic N) is 6. The lowest BCUT2D eigenvalue weighted by molar-refractivity contribution is -0.120. The van der Waals surface area contributed by atoms with E-state index in [-0.39, 0.29) is 23.6 Å². The molecule has 1 fully saturated rings. The van der Waals surface area contributed by atoms with Crippen LogP contribution in [0.5, 0.6) is 0 Å². The Labute approximate surface area is 270 Å². The van der Waals surface area contributed by atoms with E-state index >= 15 is 0 Å². The lowest BCUT2D eigenvalue weighted by Crippen LogP contribution is -2.41. The lowest BCUT2D eigenvalue weighted by atomic mass is 9.98. The van der Waals surface area contributed by atoms with Gasteiger partial charge in [0.05, 0.1) is 36.2 Å². The average Bonchev–Trinajstić information content (AvgIpc) is 3.84. The van der Waals surface area contributed by atoms with Crippen molar-refractivity contribution < 1.29 is 19.1 Å². The second kappa shape index (κ2) is 13.7. The number of hydrogen-bond donors (Lipinski definition) is 3. The first-order valence-corrected chi connectivity index (χ1v) is 15.9. The summed E-state index contributed by atoms with van der Waals surface area (Å²) in [4.78, 5) is 52.7. The van der Waals surface area contributed by atoms with Crippen LogP contribution in [0.15, 0.2) is 66.7 Å². The minimum atomic E-state index is -0.510. The molecule has 14 heteroatoms. The van der Waals surface area contributed by atoms with E-state index in [2.05, 4.69) is 25.8 Å². The number of anilines is 2. The molecule has 3 amide bonds. The summed E-state index contributed by atoms with van der Waals surface area (Å²) in [5.74, 6) is -1.02. The number of carbonyl (C=O) groups excluding carboxylic acids is 3. The van der Waals surface area contributed by atoms with Crippen molar-refractivity contribution in [3.05, 3.63) is 83.8 Å². The van der Waals surface area contributed by atoms with Crippen LogP contribution in [0, 0.1) is 0 Å².